The van der Waals surface area contributed by atoms with Crippen molar-refractivity contribution in [1.82, 2.24) is 10.2 Å². The zero-order chi connectivity index (χ0) is 14.3. The standard InChI is InChI=1S/C14H24N2O3/c1-5-10-8-14(11(17)15-10)6-7-16(9-14)12(18)19-13(2,3)4/h10H,5-9H2,1-4H3,(H,15,17). The quantitative estimate of drug-likeness (QED) is 0.790. The molecule has 2 atom stereocenters. The van der Waals surface area contributed by atoms with Crippen LogP contribution in [-0.4, -0.2) is 41.6 Å². The van der Waals surface area contributed by atoms with Crippen LogP contribution in [0.15, 0.2) is 0 Å². The zero-order valence-corrected chi connectivity index (χ0v) is 12.3. The lowest BCUT2D eigenvalue weighted by Crippen LogP contribution is -2.39. The number of hydrogen-bond acceptors (Lipinski definition) is 3. The number of carbonyl (C=O) groups excluding carboxylic acids is 2. The van der Waals surface area contributed by atoms with Gasteiger partial charge in [-0.1, -0.05) is 6.92 Å². The Kier molecular flexibility index (Phi) is 3.49. The van der Waals surface area contributed by atoms with Crippen LogP contribution in [0.5, 0.6) is 0 Å². The monoisotopic (exact) mass is 268 g/mol. The highest BCUT2D eigenvalue weighted by Gasteiger charge is 2.51. The number of ether oxygens (including phenoxy) is 1. The number of nitrogens with one attached hydrogen (secondary N) is 1. The minimum absolute atomic E-state index is 0.102. The Morgan fingerprint density at radius 1 is 1.53 bits per heavy atom. The van der Waals surface area contributed by atoms with Crippen LogP contribution in [0, 0.1) is 5.41 Å². The fraction of sp³-hybridized carbons (Fsp3) is 0.857. The number of nitrogens with zero attached hydrogens (tertiary/aromatic N) is 1. The van der Waals surface area contributed by atoms with Crippen molar-refractivity contribution in [2.75, 3.05) is 13.1 Å². The number of amides is 2. The van der Waals surface area contributed by atoms with E-state index in [1.54, 1.807) is 4.90 Å². The highest BCUT2D eigenvalue weighted by Crippen LogP contribution is 2.40. The number of likely N-dealkylation sites (tertiary alicyclic amines) is 1. The molecular formula is C14H24N2O3. The summed E-state index contributed by atoms with van der Waals surface area (Å²) in [6, 6.07) is 0.256. The lowest BCUT2D eigenvalue weighted by Gasteiger charge is -2.25. The van der Waals surface area contributed by atoms with Crippen LogP contribution in [-0.2, 0) is 9.53 Å². The van der Waals surface area contributed by atoms with Crippen molar-refractivity contribution < 1.29 is 14.3 Å². The molecule has 2 rings (SSSR count). The van der Waals surface area contributed by atoms with Gasteiger partial charge in [-0.25, -0.2) is 4.79 Å². The van der Waals surface area contributed by atoms with Gasteiger partial charge in [0.2, 0.25) is 5.91 Å². The molecule has 2 heterocycles. The van der Waals surface area contributed by atoms with Gasteiger partial charge in [0.05, 0.1) is 5.41 Å². The van der Waals surface area contributed by atoms with E-state index in [4.69, 9.17) is 4.74 Å². The van der Waals surface area contributed by atoms with Gasteiger partial charge in [0.15, 0.2) is 0 Å². The fourth-order valence-electron chi connectivity index (χ4n) is 2.91. The van der Waals surface area contributed by atoms with E-state index >= 15 is 0 Å². The normalized spacial score (nSPS) is 30.8. The molecule has 0 bridgehead atoms. The lowest BCUT2D eigenvalue weighted by molar-refractivity contribution is -0.127. The molecule has 2 saturated heterocycles. The summed E-state index contributed by atoms with van der Waals surface area (Å²) in [4.78, 5) is 25.8. The summed E-state index contributed by atoms with van der Waals surface area (Å²) < 4.78 is 5.37. The van der Waals surface area contributed by atoms with Gasteiger partial charge in [-0.15, -0.1) is 0 Å². The van der Waals surface area contributed by atoms with Gasteiger partial charge < -0.3 is 15.0 Å². The van der Waals surface area contributed by atoms with Gasteiger partial charge in [0, 0.05) is 19.1 Å². The largest absolute Gasteiger partial charge is 0.444 e. The van der Waals surface area contributed by atoms with Crippen molar-refractivity contribution in [1.29, 1.82) is 0 Å². The van der Waals surface area contributed by atoms with Crippen LogP contribution in [0.25, 0.3) is 0 Å². The van der Waals surface area contributed by atoms with E-state index in [2.05, 4.69) is 12.2 Å². The molecule has 0 aromatic rings. The van der Waals surface area contributed by atoms with E-state index in [-0.39, 0.29) is 23.5 Å². The molecule has 2 unspecified atom stereocenters. The predicted octanol–water partition coefficient (Wildman–Crippen LogP) is 1.91. The van der Waals surface area contributed by atoms with E-state index in [0.29, 0.717) is 13.1 Å². The second kappa shape index (κ2) is 4.69. The van der Waals surface area contributed by atoms with Gasteiger partial charge in [-0.2, -0.15) is 0 Å². The predicted molar refractivity (Wildman–Crippen MR) is 71.7 cm³/mol. The molecule has 5 heteroatoms. The zero-order valence-electron chi connectivity index (χ0n) is 12.3. The van der Waals surface area contributed by atoms with Gasteiger partial charge >= 0.3 is 6.09 Å². The number of hydrogen-bond donors (Lipinski definition) is 1. The molecule has 2 aliphatic heterocycles. The molecule has 0 aromatic carbocycles. The molecule has 0 radical (unpaired) electrons. The van der Waals surface area contributed by atoms with E-state index in [9.17, 15) is 9.59 Å². The summed E-state index contributed by atoms with van der Waals surface area (Å²) in [6.45, 7) is 8.73. The molecule has 2 fully saturated rings. The number of rotatable bonds is 1. The maximum atomic E-state index is 12.1. The summed E-state index contributed by atoms with van der Waals surface area (Å²) in [5.41, 5.74) is -0.867. The average Bonchev–Trinajstić information content (AvgIpc) is 2.83. The maximum absolute atomic E-state index is 12.1. The van der Waals surface area contributed by atoms with Crippen molar-refractivity contribution in [2.45, 2.75) is 58.6 Å². The van der Waals surface area contributed by atoms with Crippen molar-refractivity contribution in [3.05, 3.63) is 0 Å². The van der Waals surface area contributed by atoms with Gasteiger partial charge in [-0.3, -0.25) is 4.79 Å². The molecule has 5 nitrogen and oxygen atoms in total. The molecule has 19 heavy (non-hydrogen) atoms. The van der Waals surface area contributed by atoms with Crippen molar-refractivity contribution in [3.63, 3.8) is 0 Å². The summed E-state index contributed by atoms with van der Waals surface area (Å²) in [5, 5.41) is 3.03. The third-order valence-electron chi connectivity index (χ3n) is 3.95. The van der Waals surface area contributed by atoms with Crippen LogP contribution < -0.4 is 5.32 Å². The fourth-order valence-corrected chi connectivity index (χ4v) is 2.91. The minimum Gasteiger partial charge on any atom is -0.444 e. The Hall–Kier alpha value is -1.26. The van der Waals surface area contributed by atoms with Crippen LogP contribution in [0.2, 0.25) is 0 Å². The first kappa shape index (κ1) is 14.2. The molecule has 0 saturated carbocycles. The number of carbonyl (C=O) groups is 2. The van der Waals surface area contributed by atoms with Crippen molar-refractivity contribution in [3.8, 4) is 0 Å². The lowest BCUT2D eigenvalue weighted by atomic mass is 9.83. The Labute approximate surface area is 114 Å². The highest BCUT2D eigenvalue weighted by atomic mass is 16.6. The molecule has 108 valence electrons. The maximum Gasteiger partial charge on any atom is 0.410 e. The van der Waals surface area contributed by atoms with Gasteiger partial charge in [0.25, 0.3) is 0 Å². The second-order valence-electron chi connectivity index (χ2n) is 6.71. The Morgan fingerprint density at radius 3 is 2.74 bits per heavy atom. The summed E-state index contributed by atoms with van der Waals surface area (Å²) in [5.74, 6) is 0.102. The molecule has 2 aliphatic rings. The van der Waals surface area contributed by atoms with E-state index in [0.717, 1.165) is 19.3 Å². The Balaban J connectivity index is 2.00. The van der Waals surface area contributed by atoms with E-state index in [1.165, 1.54) is 0 Å². The van der Waals surface area contributed by atoms with E-state index < -0.39 is 5.60 Å². The summed E-state index contributed by atoms with van der Waals surface area (Å²) in [6.07, 6.45) is 2.22. The molecule has 0 aliphatic carbocycles. The summed E-state index contributed by atoms with van der Waals surface area (Å²) in [7, 11) is 0. The Morgan fingerprint density at radius 2 is 2.21 bits per heavy atom. The molecule has 0 aromatic heterocycles. The van der Waals surface area contributed by atoms with Crippen LogP contribution in [0.3, 0.4) is 0 Å². The smallest absolute Gasteiger partial charge is 0.410 e. The third kappa shape index (κ3) is 2.85. The Bertz CT molecular complexity index is 389. The van der Waals surface area contributed by atoms with Crippen LogP contribution >= 0.6 is 0 Å². The van der Waals surface area contributed by atoms with Crippen LogP contribution in [0.1, 0.15) is 47.0 Å². The molecule has 1 spiro atoms. The average molecular weight is 268 g/mol. The first-order valence-corrected chi connectivity index (χ1v) is 7.05. The molecule has 1 N–H and O–H groups in total. The summed E-state index contributed by atoms with van der Waals surface area (Å²) >= 11 is 0. The third-order valence-corrected chi connectivity index (χ3v) is 3.95. The molecule has 2 amide bonds. The first-order chi connectivity index (χ1) is 8.76. The SMILES string of the molecule is CCC1CC2(CCN(C(=O)OC(C)(C)C)C2)C(=O)N1. The molecular weight excluding hydrogens is 244 g/mol. The van der Waals surface area contributed by atoms with E-state index in [1.807, 2.05) is 20.8 Å². The second-order valence-corrected chi connectivity index (χ2v) is 6.71. The van der Waals surface area contributed by atoms with Gasteiger partial charge in [0.1, 0.15) is 5.60 Å². The first-order valence-electron chi connectivity index (χ1n) is 7.05. The minimum atomic E-state index is -0.489. The van der Waals surface area contributed by atoms with Crippen molar-refractivity contribution in [2.24, 2.45) is 5.41 Å². The topological polar surface area (TPSA) is 58.6 Å². The van der Waals surface area contributed by atoms with Gasteiger partial charge in [-0.05, 0) is 40.0 Å². The van der Waals surface area contributed by atoms with Crippen LogP contribution in [0.4, 0.5) is 4.79 Å². The van der Waals surface area contributed by atoms with Crippen molar-refractivity contribution >= 4 is 12.0 Å². The highest BCUT2D eigenvalue weighted by molar-refractivity contribution is 5.86.